The molecule has 20 rings (SSSR count). The normalized spacial score (nSPS) is 10.6. The van der Waals surface area contributed by atoms with E-state index in [1.807, 2.05) is 181 Å². The van der Waals surface area contributed by atoms with E-state index in [-0.39, 0.29) is 55.6 Å². The Morgan fingerprint density at radius 3 is 1.40 bits per heavy atom. The molecule has 32 heteroatoms. The van der Waals surface area contributed by atoms with Crippen LogP contribution in [-0.2, 0) is 40.3 Å². The minimum atomic E-state index is -1.74. The highest BCUT2D eigenvalue weighted by molar-refractivity contribution is 14.1. The summed E-state index contributed by atoms with van der Waals surface area (Å²) in [5.41, 5.74) is 28.9. The van der Waals surface area contributed by atoms with Gasteiger partial charge in [-0.05, 0) is 189 Å². The predicted molar refractivity (Wildman–Crippen MR) is 543 cm³/mol. The summed E-state index contributed by atoms with van der Waals surface area (Å²) in [6.07, 6.45) is 10.5. The number of aromatic hydroxyl groups is 2. The van der Waals surface area contributed by atoms with Gasteiger partial charge in [0.05, 0.1) is 91.3 Å². The molecule has 0 aliphatic carbocycles. The first-order valence-corrected chi connectivity index (χ1v) is 43.2. The van der Waals surface area contributed by atoms with E-state index in [9.17, 15) is 44.7 Å². The second-order valence-corrected chi connectivity index (χ2v) is 32.4. The molecule has 10 aromatic carbocycles. The number of furan rings is 2. The topological polar surface area (TPSA) is 457 Å². The van der Waals surface area contributed by atoms with Crippen LogP contribution in [0.2, 0.25) is 0 Å². The molecule has 0 unspecified atom stereocenters. The van der Waals surface area contributed by atoms with E-state index in [2.05, 4.69) is 99.1 Å². The molecule has 0 atom stereocenters. The van der Waals surface area contributed by atoms with Gasteiger partial charge in [0.25, 0.3) is 23.6 Å². The predicted octanol–water partition coefficient (Wildman–Crippen LogP) is 17.1. The first kappa shape index (κ1) is 95.9. The van der Waals surface area contributed by atoms with Gasteiger partial charge in [0, 0.05) is 169 Å². The molecule has 20 aromatic rings. The van der Waals surface area contributed by atoms with Crippen LogP contribution in [0.25, 0.3) is 110 Å². The number of phenols is 2. The van der Waals surface area contributed by atoms with Crippen LogP contribution in [0.4, 0.5) is 11.4 Å². The number of aromatic nitrogens is 8. The van der Waals surface area contributed by atoms with Crippen molar-refractivity contribution in [1.82, 2.24) is 49.7 Å². The monoisotopic (exact) mass is 2000 g/mol. The first-order valence-electron chi connectivity index (χ1n) is 41.0. The number of nitriles is 2. The number of anilines is 2. The first-order chi connectivity index (χ1) is 64.0. The van der Waals surface area contributed by atoms with Crippen LogP contribution in [0, 0.1) is 29.9 Å². The zero-order valence-corrected chi connectivity index (χ0v) is 74.8. The highest BCUT2D eigenvalue weighted by Crippen LogP contribution is 2.36. The smallest absolute Gasteiger partial charge is 0.508 e. The van der Waals surface area contributed by atoms with E-state index in [0.717, 1.165) is 77.3 Å². The van der Waals surface area contributed by atoms with E-state index in [4.69, 9.17) is 40.6 Å². The molecule has 0 radical (unpaired) electrons. The molecule has 4 amide bonds. The average Bonchev–Trinajstić information content (AvgIpc) is 1.65. The average molecular weight is 2010 g/mol. The minimum Gasteiger partial charge on any atom is -0.508 e. The molecule has 0 aliphatic heterocycles. The number of phenolic OH excluding ortho intramolecular Hbond substituents is 2. The van der Waals surface area contributed by atoms with Crippen molar-refractivity contribution in [2.75, 3.05) is 10.6 Å². The molecule has 0 bridgehead atoms. The van der Waals surface area contributed by atoms with Crippen LogP contribution in [0.5, 0.6) is 11.5 Å². The van der Waals surface area contributed by atoms with Gasteiger partial charge in [-0.3, -0.25) is 24.2 Å². The molecule has 10 heterocycles. The molecular weight excluding hydrogens is 1920 g/mol. The van der Waals surface area contributed by atoms with Crippen molar-refractivity contribution in [2.24, 2.45) is 25.6 Å². The van der Waals surface area contributed by atoms with Gasteiger partial charge in [0.2, 0.25) is 11.4 Å². The standard InChI is InChI=1S/C26H22N4O.C24H16N4O3.C18H18BN3O3.C14H9IN2O3.C10H9BN2O2.C8H6IN.2CH4/c27-14-17-9-11-18(12-10-17)15-29-26(31)21-13-25(30-24-8-4-2-5-19(21)24)22-16-28-23-7-3-1-6-20(22)23;1-28-13-20(18-9-14(12-25)5-6-22(18)28)21-11-19(17-7-8-31-24(17)27-21)23(30)26-15-3-2-4-16(29)10-15;20-10-12-5-7-13(8-6-12)11-21-18(23)15-9-17(19(24)25)22-16-4-2-1-3-14(15)16;15-12-7-11(10-4-5-20-14(10)17-12)13(19)16-8-2-1-3-9(18)6-8;1-13-6-9(11(14)15)8-4-7(5-12)2-3-10(8)13;9-7-5-10-8-4-2-1-3-6(7)8;;/h1-13,16,28H,14-15,27H2,(H,29,31);2-11,13,29H,1H3,(H,26,30);1-9,24-25H,10-11,20H2,(H,21,23);1-7,18H,(H,16,19);2-4,6,14-15H,1H3;1-5,10H;2*1H4. The molecule has 16 N–H and O–H groups in total. The van der Waals surface area contributed by atoms with Crippen LogP contribution >= 0.6 is 45.2 Å². The fraction of sp³-hybridized carbons (Fsp3) is 0.0784. The molecule has 134 heavy (non-hydrogen) atoms. The fourth-order valence-electron chi connectivity index (χ4n) is 14.8. The quantitative estimate of drug-likeness (QED) is 0.0243. The van der Waals surface area contributed by atoms with E-state index in [0.29, 0.717) is 124 Å². The number of carbonyl (C=O) groups is 4. The number of nitrogens with zero attached hydrogens (tertiary/aromatic N) is 8. The van der Waals surface area contributed by atoms with Crippen LogP contribution in [-0.4, -0.2) is 107 Å². The Labute approximate surface area is 796 Å². The lowest BCUT2D eigenvalue weighted by Crippen LogP contribution is -2.34. The van der Waals surface area contributed by atoms with Gasteiger partial charge >= 0.3 is 14.2 Å². The number of amides is 4. The number of H-pyrrole nitrogens is 2. The van der Waals surface area contributed by atoms with Crippen LogP contribution in [0.3, 0.4) is 0 Å². The molecule has 0 saturated carbocycles. The summed E-state index contributed by atoms with van der Waals surface area (Å²) in [6.45, 7) is 1.79. The third-order valence-electron chi connectivity index (χ3n) is 21.4. The number of nitrogens with one attached hydrogen (secondary N) is 6. The number of aryl methyl sites for hydroxylation is 2. The largest absolute Gasteiger partial charge is 0.508 e. The number of nitrogens with two attached hydrogens (primary N) is 2. The van der Waals surface area contributed by atoms with Gasteiger partial charge in [-0.15, -0.1) is 0 Å². The zero-order chi connectivity index (χ0) is 92.6. The summed E-state index contributed by atoms with van der Waals surface area (Å²) in [5.74, 6) is -0.891. The van der Waals surface area contributed by atoms with Gasteiger partial charge < -0.3 is 91.0 Å². The second kappa shape index (κ2) is 43.9. The maximum absolute atomic E-state index is 13.2. The second-order valence-electron chi connectivity index (χ2n) is 30.1. The number of rotatable bonds is 16. The van der Waals surface area contributed by atoms with Crippen molar-refractivity contribution >= 4 is 193 Å². The summed E-state index contributed by atoms with van der Waals surface area (Å²) in [4.78, 5) is 75.5. The molecule has 668 valence electrons. The molecule has 0 fully saturated rings. The van der Waals surface area contributed by atoms with E-state index in [1.54, 1.807) is 114 Å². The number of para-hydroxylation sites is 4. The molecule has 28 nitrogen and oxygen atoms in total. The van der Waals surface area contributed by atoms with Crippen molar-refractivity contribution in [3.8, 4) is 46.2 Å². The summed E-state index contributed by atoms with van der Waals surface area (Å²) < 4.78 is 16.4. The van der Waals surface area contributed by atoms with Crippen LogP contribution in [0.1, 0.15) is 89.7 Å². The van der Waals surface area contributed by atoms with Crippen molar-refractivity contribution < 1.29 is 58.3 Å². The van der Waals surface area contributed by atoms with Gasteiger partial charge in [-0.2, -0.15) is 10.5 Å². The molecule has 0 saturated heterocycles. The zero-order valence-electron chi connectivity index (χ0n) is 70.5. The third-order valence-corrected chi connectivity index (χ3v) is 22.8. The van der Waals surface area contributed by atoms with Crippen LogP contribution in [0.15, 0.2) is 313 Å². The summed E-state index contributed by atoms with van der Waals surface area (Å²) >= 11 is 4.35. The molecule has 0 spiro atoms. The summed E-state index contributed by atoms with van der Waals surface area (Å²) in [5, 5.41) is 92.4. The van der Waals surface area contributed by atoms with Crippen molar-refractivity contribution in [3.63, 3.8) is 0 Å². The van der Waals surface area contributed by atoms with Gasteiger partial charge in [0.1, 0.15) is 15.2 Å². The Morgan fingerprint density at radius 2 is 0.881 bits per heavy atom. The van der Waals surface area contributed by atoms with E-state index < -0.39 is 14.2 Å². The molecule has 0 aliphatic rings. The number of pyridine rings is 4. The molecule has 10 aromatic heterocycles. The Balaban J connectivity index is 0.000000140. The molecular formula is C102H88B2I2N16O12. The number of carbonyl (C=O) groups excluding carboxylic acids is 4. The van der Waals surface area contributed by atoms with Crippen molar-refractivity contribution in [2.45, 2.75) is 41.0 Å². The number of benzene rings is 10. The Kier molecular flexibility index (Phi) is 31.4. The summed E-state index contributed by atoms with van der Waals surface area (Å²) in [6, 6.07) is 84.5. The van der Waals surface area contributed by atoms with E-state index >= 15 is 0 Å². The number of aromatic amines is 2. The highest BCUT2D eigenvalue weighted by atomic mass is 127. The lowest BCUT2D eigenvalue weighted by molar-refractivity contribution is 0.0944. The maximum Gasteiger partial charge on any atom is 0.508 e. The lowest BCUT2D eigenvalue weighted by Gasteiger charge is -2.11. The third kappa shape index (κ3) is 22.5. The van der Waals surface area contributed by atoms with Gasteiger partial charge in [-0.1, -0.05) is 148 Å². The number of hydrogen-bond donors (Lipinski definition) is 14. The van der Waals surface area contributed by atoms with Gasteiger partial charge in [-0.25, -0.2) is 15.0 Å². The Morgan fingerprint density at radius 1 is 0.433 bits per heavy atom. The number of hydrogen-bond acceptors (Lipinski definition) is 20. The van der Waals surface area contributed by atoms with Crippen molar-refractivity contribution in [3.05, 3.63) is 367 Å². The van der Waals surface area contributed by atoms with Gasteiger partial charge in [0.15, 0.2) is 0 Å². The number of halogens is 2. The fourth-order valence-corrected chi connectivity index (χ4v) is 15.9. The number of fused-ring (bicyclic) bond motifs is 8. The van der Waals surface area contributed by atoms with Crippen LogP contribution < -0.4 is 43.8 Å². The highest BCUT2D eigenvalue weighted by Gasteiger charge is 2.24. The lowest BCUT2D eigenvalue weighted by atomic mass is 9.80. The Bertz CT molecular complexity index is 7770. The minimum absolute atomic E-state index is 0. The SMILES string of the molecule is C.C.Cn1cc(-c2cc(C(=O)Nc3cccc(O)c3)c3ccoc3n2)c2cc(C#N)ccc21.Cn1cc(B(O)O)c2cc(C#N)ccc21.Ic1c[nH]c2ccccc12.NCc1ccc(CNC(=O)c2cc(-c3c[nH]c4ccccc34)nc3ccccc23)cc1.NCc1ccc(CNC(=O)c2cc(B(O)O)nc3ccccc23)cc1.O=C(Nc1cccc(O)c1)c1cc(I)nc2occc12. The maximum atomic E-state index is 13.2. The Hall–Kier alpha value is -15.6. The summed E-state index contributed by atoms with van der Waals surface area (Å²) in [7, 11) is 0.488. The van der Waals surface area contributed by atoms with Crippen molar-refractivity contribution in [1.29, 1.82) is 10.5 Å². The van der Waals surface area contributed by atoms with E-state index in [1.165, 1.54) is 51.3 Å².